The first-order valence-electron chi connectivity index (χ1n) is 12.8. The molecule has 4 rings (SSSR count). The maximum absolute atomic E-state index is 12.9. The van der Waals surface area contributed by atoms with Gasteiger partial charge in [0.1, 0.15) is 6.10 Å². The first-order valence-corrected chi connectivity index (χ1v) is 12.8. The van der Waals surface area contributed by atoms with Crippen molar-refractivity contribution in [1.29, 1.82) is 0 Å². The van der Waals surface area contributed by atoms with E-state index in [1.54, 1.807) is 14.2 Å². The maximum atomic E-state index is 12.9. The lowest BCUT2D eigenvalue weighted by Crippen LogP contribution is -2.36. The Kier molecular flexibility index (Phi) is 8.66. The Morgan fingerprint density at radius 1 is 1.05 bits per heavy atom. The molecule has 2 aliphatic heterocycles. The average molecular weight is 509 g/mol. The van der Waals surface area contributed by atoms with Crippen LogP contribution in [0, 0.1) is 5.92 Å². The van der Waals surface area contributed by atoms with Crippen LogP contribution in [0.2, 0.25) is 0 Å². The normalized spacial score (nSPS) is 18.8. The number of nitrogens with zero attached hydrogens (tertiary/aromatic N) is 3. The van der Waals surface area contributed by atoms with Gasteiger partial charge in [-0.3, -0.25) is 10.1 Å². The van der Waals surface area contributed by atoms with Crippen LogP contribution in [0.15, 0.2) is 47.6 Å². The number of carbonyl (C=O) groups excluding carboxylic acids is 2. The summed E-state index contributed by atoms with van der Waals surface area (Å²) in [4.78, 5) is 27.4. The smallest absolute Gasteiger partial charge is 0.411 e. The van der Waals surface area contributed by atoms with Gasteiger partial charge in [0, 0.05) is 36.7 Å². The molecule has 1 fully saturated rings. The van der Waals surface area contributed by atoms with Crippen molar-refractivity contribution in [1.82, 2.24) is 9.91 Å². The summed E-state index contributed by atoms with van der Waals surface area (Å²) in [5, 5.41) is 9.08. The summed E-state index contributed by atoms with van der Waals surface area (Å²) in [5.41, 5.74) is 3.32. The van der Waals surface area contributed by atoms with Gasteiger partial charge in [-0.05, 0) is 62.2 Å². The number of piperidine rings is 1. The summed E-state index contributed by atoms with van der Waals surface area (Å²) < 4.78 is 16.4. The second kappa shape index (κ2) is 12.1. The van der Waals surface area contributed by atoms with Crippen molar-refractivity contribution in [3.63, 3.8) is 0 Å². The first-order chi connectivity index (χ1) is 17.9. The molecule has 37 heavy (non-hydrogen) atoms. The molecule has 2 aromatic rings. The maximum Gasteiger partial charge on any atom is 0.411 e. The molecule has 0 saturated carbocycles. The third-order valence-corrected chi connectivity index (χ3v) is 6.97. The molecule has 1 saturated heterocycles. The van der Waals surface area contributed by atoms with Gasteiger partial charge in [-0.15, -0.1) is 0 Å². The molecule has 0 aliphatic carbocycles. The van der Waals surface area contributed by atoms with Crippen LogP contribution in [0.3, 0.4) is 0 Å². The minimum Gasteiger partial charge on any atom is -0.493 e. The molecule has 2 aliphatic rings. The van der Waals surface area contributed by atoms with E-state index in [0.717, 1.165) is 49.2 Å². The number of methoxy groups -OCH3 is 2. The van der Waals surface area contributed by atoms with Crippen LogP contribution in [0.4, 0.5) is 10.5 Å². The lowest BCUT2D eigenvalue weighted by Gasteiger charge is -2.29. The minimum absolute atomic E-state index is 0.0139. The number of benzene rings is 2. The predicted octanol–water partition coefficient (Wildman–Crippen LogP) is 4.51. The molecule has 2 aromatic carbocycles. The van der Waals surface area contributed by atoms with Gasteiger partial charge >= 0.3 is 6.09 Å². The largest absolute Gasteiger partial charge is 0.493 e. The summed E-state index contributed by atoms with van der Waals surface area (Å²) in [7, 11) is 5.27. The van der Waals surface area contributed by atoms with Crippen molar-refractivity contribution in [2.75, 3.05) is 39.7 Å². The third kappa shape index (κ3) is 6.60. The van der Waals surface area contributed by atoms with Crippen molar-refractivity contribution in [2.24, 2.45) is 11.0 Å². The number of ether oxygens (including phenoxy) is 3. The fourth-order valence-corrected chi connectivity index (χ4v) is 4.70. The quantitative estimate of drug-likeness (QED) is 0.564. The minimum atomic E-state index is -0.441. The van der Waals surface area contributed by atoms with Gasteiger partial charge in [0.25, 0.3) is 0 Å². The Balaban J connectivity index is 1.43. The van der Waals surface area contributed by atoms with Gasteiger partial charge < -0.3 is 19.1 Å². The summed E-state index contributed by atoms with van der Waals surface area (Å²) in [6.45, 7) is 4.26. The van der Waals surface area contributed by atoms with Gasteiger partial charge in [0.2, 0.25) is 5.91 Å². The highest BCUT2D eigenvalue weighted by molar-refractivity contribution is 6.06. The van der Waals surface area contributed by atoms with Crippen LogP contribution in [-0.2, 0) is 16.1 Å². The van der Waals surface area contributed by atoms with Crippen molar-refractivity contribution < 1.29 is 23.8 Å². The molecule has 1 atom stereocenters. The molecule has 0 aromatic heterocycles. The summed E-state index contributed by atoms with van der Waals surface area (Å²) in [6.07, 6.45) is 2.40. The molecule has 0 bridgehead atoms. The fraction of sp³-hybridized carbons (Fsp3) is 0.464. The van der Waals surface area contributed by atoms with E-state index in [1.165, 1.54) is 5.01 Å². The van der Waals surface area contributed by atoms with Crippen LogP contribution in [-0.4, -0.2) is 68.1 Å². The van der Waals surface area contributed by atoms with E-state index in [2.05, 4.69) is 24.2 Å². The SMILES string of the molecule is CCC1CC(=O)N(Cc2ccc(NC(=O)OC3CCN(C)CC3)cc2)N=C1c1ccc(OC)c(OC)c1. The molecule has 9 nitrogen and oxygen atoms in total. The number of hydrogen-bond donors (Lipinski definition) is 1. The van der Waals surface area contributed by atoms with E-state index in [0.29, 0.717) is 30.2 Å². The van der Waals surface area contributed by atoms with Crippen molar-refractivity contribution in [2.45, 2.75) is 45.3 Å². The Labute approximate surface area is 218 Å². The number of anilines is 1. The van der Waals surface area contributed by atoms with Gasteiger partial charge in [0.05, 0.1) is 26.5 Å². The van der Waals surface area contributed by atoms with E-state index in [4.69, 9.17) is 19.3 Å². The molecule has 1 unspecified atom stereocenters. The summed E-state index contributed by atoms with van der Waals surface area (Å²) >= 11 is 0. The number of nitrogens with one attached hydrogen (secondary N) is 1. The van der Waals surface area contributed by atoms with Gasteiger partial charge in [-0.2, -0.15) is 5.10 Å². The first kappa shape index (κ1) is 26.5. The predicted molar refractivity (Wildman–Crippen MR) is 142 cm³/mol. The van der Waals surface area contributed by atoms with Crippen LogP contribution >= 0.6 is 0 Å². The number of likely N-dealkylation sites (tertiary alicyclic amines) is 1. The number of rotatable bonds is 8. The zero-order valence-corrected chi connectivity index (χ0v) is 22.0. The van der Waals surface area contributed by atoms with Crippen molar-refractivity contribution in [3.05, 3.63) is 53.6 Å². The average Bonchev–Trinajstić information content (AvgIpc) is 2.91. The highest BCUT2D eigenvalue weighted by Crippen LogP contribution is 2.31. The van der Waals surface area contributed by atoms with Crippen molar-refractivity contribution >= 4 is 23.4 Å². The lowest BCUT2D eigenvalue weighted by molar-refractivity contribution is -0.133. The number of carbonyl (C=O) groups is 2. The molecule has 2 amide bonds. The zero-order chi connectivity index (χ0) is 26.4. The molecule has 198 valence electrons. The Bertz CT molecular complexity index is 1130. The van der Waals surface area contributed by atoms with Crippen LogP contribution in [0.25, 0.3) is 0 Å². The van der Waals surface area contributed by atoms with Crippen LogP contribution in [0.1, 0.15) is 43.7 Å². The topological polar surface area (TPSA) is 92.7 Å². The van der Waals surface area contributed by atoms with E-state index in [1.807, 2.05) is 42.5 Å². The van der Waals surface area contributed by atoms with Crippen LogP contribution in [0.5, 0.6) is 11.5 Å². The standard InChI is InChI=1S/C28H36N4O5/c1-5-20-17-26(33)32(30-27(20)21-8-11-24(35-3)25(16-21)36-4)18-19-6-9-22(10-7-19)29-28(34)37-23-12-14-31(2)15-13-23/h6-11,16,20,23H,5,12-15,17-18H2,1-4H3,(H,29,34). The molecule has 1 N–H and O–H groups in total. The third-order valence-electron chi connectivity index (χ3n) is 6.97. The monoisotopic (exact) mass is 508 g/mol. The van der Waals surface area contributed by atoms with E-state index < -0.39 is 6.09 Å². The Hall–Kier alpha value is -3.59. The van der Waals surface area contributed by atoms with E-state index in [9.17, 15) is 9.59 Å². The zero-order valence-electron chi connectivity index (χ0n) is 22.0. The van der Waals surface area contributed by atoms with E-state index in [-0.39, 0.29) is 17.9 Å². The highest BCUT2D eigenvalue weighted by atomic mass is 16.6. The Morgan fingerprint density at radius 3 is 2.41 bits per heavy atom. The highest BCUT2D eigenvalue weighted by Gasteiger charge is 2.30. The summed E-state index contributed by atoms with van der Waals surface area (Å²) in [6, 6.07) is 13.1. The molecule has 9 heteroatoms. The van der Waals surface area contributed by atoms with E-state index >= 15 is 0 Å². The molecule has 2 heterocycles. The number of hydrazone groups is 1. The lowest BCUT2D eigenvalue weighted by atomic mass is 9.89. The second-order valence-electron chi connectivity index (χ2n) is 9.55. The van der Waals surface area contributed by atoms with Gasteiger partial charge in [0.15, 0.2) is 11.5 Å². The van der Waals surface area contributed by atoms with Crippen molar-refractivity contribution in [3.8, 4) is 11.5 Å². The molecule has 0 spiro atoms. The number of hydrogen-bond acceptors (Lipinski definition) is 7. The summed E-state index contributed by atoms with van der Waals surface area (Å²) in [5.74, 6) is 1.29. The fourth-order valence-electron chi connectivity index (χ4n) is 4.70. The Morgan fingerprint density at radius 2 is 1.76 bits per heavy atom. The molecular formula is C28H36N4O5. The molecule has 0 radical (unpaired) electrons. The molecular weight excluding hydrogens is 472 g/mol. The van der Waals surface area contributed by atoms with Gasteiger partial charge in [-0.1, -0.05) is 19.1 Å². The second-order valence-corrected chi connectivity index (χ2v) is 9.55. The van der Waals surface area contributed by atoms with Gasteiger partial charge in [-0.25, -0.2) is 9.80 Å². The number of amides is 2. The van der Waals surface area contributed by atoms with Crippen LogP contribution < -0.4 is 14.8 Å².